The van der Waals surface area contributed by atoms with Crippen molar-refractivity contribution >= 4 is 39.8 Å². The van der Waals surface area contributed by atoms with Crippen LogP contribution >= 0.6 is 23.2 Å². The minimum Gasteiger partial charge on any atom is -0.497 e. The molecule has 0 saturated heterocycles. The molecule has 0 bridgehead atoms. The molecule has 0 saturated carbocycles. The minimum absolute atomic E-state index is 0.171. The van der Waals surface area contributed by atoms with Gasteiger partial charge in [0.15, 0.2) is 5.78 Å². The first kappa shape index (κ1) is 16.0. The molecule has 0 heterocycles. The molecule has 0 aliphatic carbocycles. The van der Waals surface area contributed by atoms with Gasteiger partial charge in [0.2, 0.25) is 0 Å². The van der Waals surface area contributed by atoms with Crippen molar-refractivity contribution in [3.63, 3.8) is 0 Å². The molecule has 110 valence electrons. The van der Waals surface area contributed by atoms with Crippen LogP contribution in [0.15, 0.2) is 47.4 Å². The van der Waals surface area contributed by atoms with Gasteiger partial charge >= 0.3 is 0 Å². The molecule has 0 aliphatic rings. The molecule has 2 aromatic rings. The summed E-state index contributed by atoms with van der Waals surface area (Å²) in [6.45, 7) is 0. The minimum atomic E-state index is -1.59. The molecule has 0 radical (unpaired) electrons. The number of ketones is 1. The first-order valence-electron chi connectivity index (χ1n) is 6.02. The van der Waals surface area contributed by atoms with E-state index in [1.54, 1.807) is 49.6 Å². The Morgan fingerprint density at radius 2 is 1.67 bits per heavy atom. The molecular formula is C15H12Cl2O3S. The first-order valence-corrected chi connectivity index (χ1v) is 8.10. The molecule has 0 spiro atoms. The zero-order valence-electron chi connectivity index (χ0n) is 11.1. The number of rotatable bonds is 5. The van der Waals surface area contributed by atoms with E-state index in [0.717, 1.165) is 0 Å². The van der Waals surface area contributed by atoms with Crippen LogP contribution in [0.1, 0.15) is 10.4 Å². The number of hydrogen-bond donors (Lipinski definition) is 0. The fraction of sp³-hybridized carbons (Fsp3) is 0.133. The average Bonchev–Trinajstić information content (AvgIpc) is 2.47. The summed E-state index contributed by atoms with van der Waals surface area (Å²) in [6.07, 6.45) is 0. The molecule has 1 atom stereocenters. The van der Waals surface area contributed by atoms with Gasteiger partial charge < -0.3 is 4.74 Å². The third kappa shape index (κ3) is 3.84. The molecule has 0 N–H and O–H groups in total. The van der Waals surface area contributed by atoms with Crippen LogP contribution in [0, 0.1) is 0 Å². The standard InChI is InChI=1S/C15H12Cl2O3S/c1-20-11-7-5-10(6-8-11)14(18)9-21(19)15-12(16)3-2-4-13(15)17/h2-8H,9H2,1H3. The van der Waals surface area contributed by atoms with Gasteiger partial charge in [0.1, 0.15) is 5.75 Å². The van der Waals surface area contributed by atoms with Crippen LogP contribution < -0.4 is 4.74 Å². The SMILES string of the molecule is COc1ccc(C(=O)CS(=O)c2c(Cl)cccc2Cl)cc1. The van der Waals surface area contributed by atoms with Crippen LogP contribution in [0.4, 0.5) is 0 Å². The third-order valence-electron chi connectivity index (χ3n) is 2.82. The Balaban J connectivity index is 2.17. The number of methoxy groups -OCH3 is 1. The number of halogens is 2. The van der Waals surface area contributed by atoms with E-state index in [4.69, 9.17) is 27.9 Å². The molecule has 2 aromatic carbocycles. The summed E-state index contributed by atoms with van der Waals surface area (Å²) in [5.41, 5.74) is 0.465. The number of hydrogen-bond acceptors (Lipinski definition) is 3. The van der Waals surface area contributed by atoms with Crippen molar-refractivity contribution in [3.05, 3.63) is 58.1 Å². The quantitative estimate of drug-likeness (QED) is 0.771. The summed E-state index contributed by atoms with van der Waals surface area (Å²) >= 11 is 12.0. The van der Waals surface area contributed by atoms with Crippen LogP contribution in [-0.2, 0) is 10.8 Å². The third-order valence-corrected chi connectivity index (χ3v) is 5.09. The summed E-state index contributed by atoms with van der Waals surface area (Å²) in [5.74, 6) is 0.240. The van der Waals surface area contributed by atoms with E-state index < -0.39 is 10.8 Å². The Hall–Kier alpha value is -1.36. The predicted molar refractivity (Wildman–Crippen MR) is 85.1 cm³/mol. The van der Waals surface area contributed by atoms with E-state index in [9.17, 15) is 9.00 Å². The summed E-state index contributed by atoms with van der Waals surface area (Å²) in [4.78, 5) is 12.4. The van der Waals surface area contributed by atoms with Gasteiger partial charge in [-0.3, -0.25) is 9.00 Å². The van der Waals surface area contributed by atoms with Gasteiger partial charge in [0.05, 0.1) is 38.6 Å². The molecule has 0 amide bonds. The maximum atomic E-state index is 12.3. The van der Waals surface area contributed by atoms with Gasteiger partial charge in [0.25, 0.3) is 0 Å². The second-order valence-electron chi connectivity index (χ2n) is 4.19. The summed E-state index contributed by atoms with van der Waals surface area (Å²) in [6, 6.07) is 11.5. The molecule has 21 heavy (non-hydrogen) atoms. The van der Waals surface area contributed by atoms with Crippen LogP contribution in [0.3, 0.4) is 0 Å². The van der Waals surface area contributed by atoms with Crippen molar-refractivity contribution in [1.82, 2.24) is 0 Å². The highest BCUT2D eigenvalue weighted by Gasteiger charge is 2.17. The maximum absolute atomic E-state index is 12.3. The average molecular weight is 343 g/mol. The van der Waals surface area contributed by atoms with E-state index >= 15 is 0 Å². The van der Waals surface area contributed by atoms with Crippen molar-refractivity contribution in [3.8, 4) is 5.75 Å². The normalized spacial score (nSPS) is 12.0. The number of Topliss-reactive ketones (excluding diaryl/α,β-unsaturated/α-hetero) is 1. The number of ether oxygens (including phenoxy) is 1. The van der Waals surface area contributed by atoms with Crippen LogP contribution in [0.25, 0.3) is 0 Å². The molecule has 1 unspecified atom stereocenters. The highest BCUT2D eigenvalue weighted by Crippen LogP contribution is 2.28. The molecule has 0 fully saturated rings. The predicted octanol–water partition coefficient (Wildman–Crippen LogP) is 3.99. The Kier molecular flexibility index (Phi) is 5.39. The highest BCUT2D eigenvalue weighted by molar-refractivity contribution is 7.86. The van der Waals surface area contributed by atoms with E-state index in [2.05, 4.69) is 0 Å². The lowest BCUT2D eigenvalue weighted by molar-refractivity contribution is 0.102. The van der Waals surface area contributed by atoms with Crippen molar-refractivity contribution in [1.29, 1.82) is 0 Å². The lowest BCUT2D eigenvalue weighted by atomic mass is 10.1. The Morgan fingerprint density at radius 3 is 2.19 bits per heavy atom. The topological polar surface area (TPSA) is 43.4 Å². The van der Waals surface area contributed by atoms with Crippen molar-refractivity contribution in [2.75, 3.05) is 12.9 Å². The monoisotopic (exact) mass is 342 g/mol. The van der Waals surface area contributed by atoms with Crippen LogP contribution in [0.2, 0.25) is 10.0 Å². The van der Waals surface area contributed by atoms with E-state index in [0.29, 0.717) is 26.3 Å². The fourth-order valence-electron chi connectivity index (χ4n) is 1.75. The summed E-state index contributed by atoms with van der Waals surface area (Å²) in [7, 11) is -0.0420. The zero-order chi connectivity index (χ0) is 15.4. The molecule has 0 aliphatic heterocycles. The second-order valence-corrected chi connectivity index (χ2v) is 6.39. The van der Waals surface area contributed by atoms with Crippen molar-refractivity contribution < 1.29 is 13.7 Å². The zero-order valence-corrected chi connectivity index (χ0v) is 13.5. The Bertz CT molecular complexity index is 664. The Morgan fingerprint density at radius 1 is 1.10 bits per heavy atom. The van der Waals surface area contributed by atoms with E-state index in [1.165, 1.54) is 0 Å². The lowest BCUT2D eigenvalue weighted by Crippen LogP contribution is -2.11. The van der Waals surface area contributed by atoms with Gasteiger partial charge in [-0.25, -0.2) is 0 Å². The largest absolute Gasteiger partial charge is 0.497 e. The van der Waals surface area contributed by atoms with Gasteiger partial charge in [-0.15, -0.1) is 0 Å². The van der Waals surface area contributed by atoms with Crippen molar-refractivity contribution in [2.24, 2.45) is 0 Å². The van der Waals surface area contributed by atoms with Gasteiger partial charge in [-0.2, -0.15) is 0 Å². The van der Waals surface area contributed by atoms with E-state index in [-0.39, 0.29) is 11.5 Å². The first-order chi connectivity index (χ1) is 10.0. The Labute approximate surface area is 135 Å². The highest BCUT2D eigenvalue weighted by atomic mass is 35.5. The van der Waals surface area contributed by atoms with Crippen LogP contribution in [0.5, 0.6) is 5.75 Å². The van der Waals surface area contributed by atoms with Gasteiger partial charge in [0, 0.05) is 5.56 Å². The number of carbonyl (C=O) groups excluding carboxylic acids is 1. The molecule has 2 rings (SSSR count). The van der Waals surface area contributed by atoms with Crippen LogP contribution in [-0.4, -0.2) is 22.9 Å². The van der Waals surface area contributed by atoms with Gasteiger partial charge in [-0.05, 0) is 36.4 Å². The van der Waals surface area contributed by atoms with Gasteiger partial charge in [-0.1, -0.05) is 29.3 Å². The molecule has 3 nitrogen and oxygen atoms in total. The summed E-state index contributed by atoms with van der Waals surface area (Å²) < 4.78 is 17.3. The maximum Gasteiger partial charge on any atom is 0.175 e. The smallest absolute Gasteiger partial charge is 0.175 e. The molecule has 0 aromatic heterocycles. The lowest BCUT2D eigenvalue weighted by Gasteiger charge is -2.07. The number of benzene rings is 2. The summed E-state index contributed by atoms with van der Waals surface area (Å²) in [5, 5.41) is 0.590. The van der Waals surface area contributed by atoms with Crippen molar-refractivity contribution in [2.45, 2.75) is 4.90 Å². The fourth-order valence-corrected chi connectivity index (χ4v) is 3.79. The molecular weight excluding hydrogens is 331 g/mol. The number of carbonyl (C=O) groups is 1. The van der Waals surface area contributed by atoms with E-state index in [1.807, 2.05) is 0 Å². The molecule has 6 heteroatoms. The second kappa shape index (κ2) is 7.07.